The Morgan fingerprint density at radius 2 is 2.50 bits per heavy atom. The van der Waals surface area contributed by atoms with E-state index in [0.29, 0.717) is 6.54 Å². The van der Waals surface area contributed by atoms with Crippen LogP contribution < -0.4 is 5.32 Å². The van der Waals surface area contributed by atoms with E-state index in [2.05, 4.69) is 15.3 Å². The zero-order valence-corrected chi connectivity index (χ0v) is 5.56. The number of aliphatic hydroxyl groups excluding tert-OH is 1. The van der Waals surface area contributed by atoms with Crippen molar-refractivity contribution in [2.24, 2.45) is 5.11 Å². The third-order valence-corrected chi connectivity index (χ3v) is 1.61. The van der Waals surface area contributed by atoms with Crippen molar-refractivity contribution in [2.75, 3.05) is 13.1 Å². The fourth-order valence-electron chi connectivity index (χ4n) is 1.03. The molecule has 5 heteroatoms. The van der Waals surface area contributed by atoms with Crippen molar-refractivity contribution >= 4 is 0 Å². The summed E-state index contributed by atoms with van der Waals surface area (Å²) in [6, 6.07) is -0.230. The van der Waals surface area contributed by atoms with Crippen molar-refractivity contribution in [3.8, 4) is 0 Å². The van der Waals surface area contributed by atoms with Gasteiger partial charge < -0.3 is 10.4 Å². The fraction of sp³-hybridized carbons (Fsp3) is 1.00. The monoisotopic (exact) mass is 142 g/mol. The van der Waals surface area contributed by atoms with Crippen LogP contribution in [0.3, 0.4) is 0 Å². The maximum absolute atomic E-state index is 9.17. The van der Waals surface area contributed by atoms with Crippen LogP contribution in [0.25, 0.3) is 10.4 Å². The molecule has 1 aliphatic heterocycles. The Balaban J connectivity index is 2.47. The van der Waals surface area contributed by atoms with E-state index in [-0.39, 0.29) is 6.04 Å². The molecule has 2 atom stereocenters. The Hall–Kier alpha value is -0.770. The molecular formula is C5H10N4O. The molecule has 10 heavy (non-hydrogen) atoms. The Bertz CT molecular complexity index is 154. The Kier molecular flexibility index (Phi) is 2.50. The van der Waals surface area contributed by atoms with E-state index < -0.39 is 6.10 Å². The van der Waals surface area contributed by atoms with Crippen LogP contribution in [0.1, 0.15) is 6.42 Å². The number of hydrogen-bond donors (Lipinski definition) is 2. The molecule has 2 N–H and O–H groups in total. The fourth-order valence-corrected chi connectivity index (χ4v) is 1.03. The van der Waals surface area contributed by atoms with Gasteiger partial charge in [-0.1, -0.05) is 5.11 Å². The molecule has 0 spiro atoms. The number of hydrogen-bond acceptors (Lipinski definition) is 3. The first-order chi connectivity index (χ1) is 4.84. The lowest BCUT2D eigenvalue weighted by molar-refractivity contribution is 0.120. The van der Waals surface area contributed by atoms with Gasteiger partial charge in [0.05, 0.1) is 12.1 Å². The standard InChI is InChI=1S/C5H10N4O/c6-9-8-4-1-2-7-3-5(4)10/h4-5,7,10H,1-3H2/t4-,5-/m1/s1. The lowest BCUT2D eigenvalue weighted by Crippen LogP contribution is -2.42. The summed E-state index contributed by atoms with van der Waals surface area (Å²) >= 11 is 0. The van der Waals surface area contributed by atoms with E-state index in [1.807, 2.05) is 0 Å². The molecule has 1 fully saturated rings. The summed E-state index contributed by atoms with van der Waals surface area (Å²) in [6.45, 7) is 1.35. The first-order valence-corrected chi connectivity index (χ1v) is 3.27. The Labute approximate surface area is 58.7 Å². The summed E-state index contributed by atoms with van der Waals surface area (Å²) in [5, 5.41) is 15.6. The van der Waals surface area contributed by atoms with Gasteiger partial charge in [0.1, 0.15) is 0 Å². The van der Waals surface area contributed by atoms with Gasteiger partial charge >= 0.3 is 0 Å². The van der Waals surface area contributed by atoms with Crippen LogP contribution in [0, 0.1) is 0 Å². The molecule has 0 saturated carbocycles. The van der Waals surface area contributed by atoms with E-state index >= 15 is 0 Å². The Morgan fingerprint density at radius 1 is 1.70 bits per heavy atom. The van der Waals surface area contributed by atoms with Crippen LogP contribution in [0.15, 0.2) is 5.11 Å². The van der Waals surface area contributed by atoms with Gasteiger partial charge in [-0.15, -0.1) is 0 Å². The van der Waals surface area contributed by atoms with E-state index in [1.165, 1.54) is 0 Å². The van der Waals surface area contributed by atoms with Crippen LogP contribution in [0.4, 0.5) is 0 Å². The quantitative estimate of drug-likeness (QED) is 0.307. The molecular weight excluding hydrogens is 132 g/mol. The normalized spacial score (nSPS) is 32.9. The zero-order chi connectivity index (χ0) is 7.40. The van der Waals surface area contributed by atoms with Gasteiger partial charge in [0.2, 0.25) is 0 Å². The number of aliphatic hydroxyl groups is 1. The summed E-state index contributed by atoms with van der Waals surface area (Å²) in [7, 11) is 0. The van der Waals surface area contributed by atoms with Gasteiger partial charge in [-0.2, -0.15) is 0 Å². The number of piperidine rings is 1. The van der Waals surface area contributed by atoms with E-state index in [0.717, 1.165) is 13.0 Å². The molecule has 1 rings (SSSR count). The highest BCUT2D eigenvalue weighted by Gasteiger charge is 2.20. The number of azide groups is 1. The maximum atomic E-state index is 9.17. The summed E-state index contributed by atoms with van der Waals surface area (Å²) in [5.74, 6) is 0. The first kappa shape index (κ1) is 7.34. The average molecular weight is 142 g/mol. The van der Waals surface area contributed by atoms with Gasteiger partial charge in [-0.05, 0) is 18.5 Å². The number of rotatable bonds is 1. The predicted molar refractivity (Wildman–Crippen MR) is 36.4 cm³/mol. The smallest absolute Gasteiger partial charge is 0.0749 e. The average Bonchev–Trinajstić information content (AvgIpc) is 1.94. The van der Waals surface area contributed by atoms with Gasteiger partial charge in [0, 0.05) is 11.5 Å². The maximum Gasteiger partial charge on any atom is 0.0749 e. The minimum atomic E-state index is -0.510. The Morgan fingerprint density at radius 3 is 3.10 bits per heavy atom. The highest BCUT2D eigenvalue weighted by Crippen LogP contribution is 2.07. The van der Waals surface area contributed by atoms with Crippen LogP contribution in [0.5, 0.6) is 0 Å². The third kappa shape index (κ3) is 1.60. The van der Waals surface area contributed by atoms with Gasteiger partial charge in [-0.3, -0.25) is 0 Å². The molecule has 0 aromatic carbocycles. The largest absolute Gasteiger partial charge is 0.391 e. The third-order valence-electron chi connectivity index (χ3n) is 1.61. The molecule has 1 saturated heterocycles. The van der Waals surface area contributed by atoms with Crippen LogP contribution >= 0.6 is 0 Å². The van der Waals surface area contributed by atoms with Crippen molar-refractivity contribution in [2.45, 2.75) is 18.6 Å². The summed E-state index contributed by atoms with van der Waals surface area (Å²) in [6.07, 6.45) is 0.218. The lowest BCUT2D eigenvalue weighted by atomic mass is 10.1. The number of nitrogens with zero attached hydrogens (tertiary/aromatic N) is 3. The van der Waals surface area contributed by atoms with Crippen LogP contribution in [-0.2, 0) is 0 Å². The predicted octanol–water partition coefficient (Wildman–Crippen LogP) is 0.0195. The molecule has 0 bridgehead atoms. The SMILES string of the molecule is [N-]=[N+]=N[C@@H]1CCNC[C@H]1O. The second-order valence-corrected chi connectivity index (χ2v) is 2.33. The molecule has 0 radical (unpaired) electrons. The van der Waals surface area contributed by atoms with Crippen molar-refractivity contribution in [3.63, 3.8) is 0 Å². The zero-order valence-electron chi connectivity index (χ0n) is 5.56. The van der Waals surface area contributed by atoms with Gasteiger partial charge in [0.15, 0.2) is 0 Å². The number of β-amino-alcohol motifs (C(OH)–C–C–N with tert-alkyl or cyclic N) is 1. The second-order valence-electron chi connectivity index (χ2n) is 2.33. The molecule has 1 heterocycles. The van der Waals surface area contributed by atoms with Crippen molar-refractivity contribution in [1.29, 1.82) is 0 Å². The minimum absolute atomic E-state index is 0.230. The topological polar surface area (TPSA) is 81.0 Å². The van der Waals surface area contributed by atoms with Crippen LogP contribution in [-0.4, -0.2) is 30.3 Å². The summed E-state index contributed by atoms with van der Waals surface area (Å²) in [4.78, 5) is 2.65. The minimum Gasteiger partial charge on any atom is -0.391 e. The highest BCUT2D eigenvalue weighted by atomic mass is 16.3. The molecule has 56 valence electrons. The second kappa shape index (κ2) is 3.41. The molecule has 0 aliphatic carbocycles. The van der Waals surface area contributed by atoms with E-state index in [4.69, 9.17) is 5.53 Å². The molecule has 0 aromatic heterocycles. The lowest BCUT2D eigenvalue weighted by Gasteiger charge is -2.23. The molecule has 1 aliphatic rings. The molecule has 5 nitrogen and oxygen atoms in total. The van der Waals surface area contributed by atoms with Crippen LogP contribution in [0.2, 0.25) is 0 Å². The molecule has 0 unspecified atom stereocenters. The van der Waals surface area contributed by atoms with Crippen molar-refractivity contribution in [1.82, 2.24) is 5.32 Å². The molecule has 0 aromatic rings. The van der Waals surface area contributed by atoms with Gasteiger partial charge in [-0.25, -0.2) is 0 Å². The first-order valence-electron chi connectivity index (χ1n) is 3.27. The molecule has 0 amide bonds. The van der Waals surface area contributed by atoms with Gasteiger partial charge in [0.25, 0.3) is 0 Å². The van der Waals surface area contributed by atoms with Crippen molar-refractivity contribution < 1.29 is 5.11 Å². The van der Waals surface area contributed by atoms with Crippen molar-refractivity contribution in [3.05, 3.63) is 10.4 Å². The number of nitrogens with one attached hydrogen (secondary N) is 1. The highest BCUT2D eigenvalue weighted by molar-refractivity contribution is 4.82. The summed E-state index contributed by atoms with van der Waals surface area (Å²) in [5.41, 5.74) is 8.06. The van der Waals surface area contributed by atoms with E-state index in [9.17, 15) is 5.11 Å². The van der Waals surface area contributed by atoms with E-state index in [1.54, 1.807) is 0 Å². The summed E-state index contributed by atoms with van der Waals surface area (Å²) < 4.78 is 0.